The highest BCUT2D eigenvalue weighted by Gasteiger charge is 2.27. The number of carbonyl (C=O) groups excluding carboxylic acids is 1. The van der Waals surface area contributed by atoms with Gasteiger partial charge in [-0.3, -0.25) is 0 Å². The molecule has 1 aliphatic rings. The van der Waals surface area contributed by atoms with Gasteiger partial charge in [-0.15, -0.1) is 0 Å². The molecule has 1 unspecified atom stereocenters. The van der Waals surface area contributed by atoms with Crippen molar-refractivity contribution in [2.24, 2.45) is 0 Å². The third-order valence-corrected chi connectivity index (χ3v) is 3.29. The first kappa shape index (κ1) is 16.5. The average molecular weight is 310 g/mol. The Bertz CT molecular complexity index is 519. The Kier molecular flexibility index (Phi) is 5.15. The van der Waals surface area contributed by atoms with E-state index in [-0.39, 0.29) is 12.1 Å². The van der Waals surface area contributed by atoms with Crippen molar-refractivity contribution in [1.29, 1.82) is 0 Å². The number of rotatable bonds is 3. The normalized spacial score (nSPS) is 18.9. The third kappa shape index (κ3) is 4.82. The lowest BCUT2D eigenvalue weighted by Crippen LogP contribution is -2.47. The lowest BCUT2D eigenvalue weighted by Gasteiger charge is -2.34. The van der Waals surface area contributed by atoms with Crippen LogP contribution in [-0.2, 0) is 11.4 Å². The predicted molar refractivity (Wildman–Crippen MR) is 81.3 cm³/mol. The molecule has 1 aromatic heterocycles. The molecule has 0 saturated carbocycles. The van der Waals surface area contributed by atoms with Crippen LogP contribution >= 0.6 is 0 Å². The van der Waals surface area contributed by atoms with Gasteiger partial charge in [-0.1, -0.05) is 0 Å². The maximum Gasteiger partial charge on any atom is 0.410 e. The van der Waals surface area contributed by atoms with Gasteiger partial charge in [-0.2, -0.15) is 0 Å². The zero-order valence-electron chi connectivity index (χ0n) is 13.3. The molecule has 0 radical (unpaired) electrons. The fraction of sp³-hybridized carbons (Fsp3) is 0.667. The molecule has 0 aliphatic carbocycles. The van der Waals surface area contributed by atoms with E-state index >= 15 is 0 Å². The molecule has 0 aromatic carbocycles. The van der Waals surface area contributed by atoms with Crippen LogP contribution in [0.1, 0.15) is 39.3 Å². The topological polar surface area (TPSA) is 67.3 Å². The molecule has 1 saturated heterocycles. The zero-order chi connectivity index (χ0) is 16.2. The Morgan fingerprint density at radius 3 is 2.95 bits per heavy atom. The van der Waals surface area contributed by atoms with Crippen molar-refractivity contribution >= 4 is 11.9 Å². The molecular formula is C15H23FN4O2. The summed E-state index contributed by atoms with van der Waals surface area (Å²) in [5.74, 6) is 0.582. The third-order valence-electron chi connectivity index (χ3n) is 3.29. The monoisotopic (exact) mass is 310 g/mol. The molecule has 1 aliphatic heterocycles. The molecule has 0 bridgehead atoms. The summed E-state index contributed by atoms with van der Waals surface area (Å²) in [6.45, 7) is 6.17. The molecular weight excluding hydrogens is 287 g/mol. The van der Waals surface area contributed by atoms with Crippen LogP contribution < -0.4 is 5.32 Å². The minimum atomic E-state index is -0.619. The molecule has 2 heterocycles. The number of nitrogens with zero attached hydrogens (tertiary/aromatic N) is 3. The van der Waals surface area contributed by atoms with E-state index in [1.165, 1.54) is 6.33 Å². The number of aromatic nitrogens is 2. The fourth-order valence-electron chi connectivity index (χ4n) is 2.35. The molecule has 122 valence electrons. The van der Waals surface area contributed by atoms with Crippen molar-refractivity contribution < 1.29 is 13.9 Å². The summed E-state index contributed by atoms with van der Waals surface area (Å²) in [7, 11) is 0. The number of nitrogens with one attached hydrogen (secondary N) is 1. The van der Waals surface area contributed by atoms with E-state index in [1.807, 2.05) is 20.8 Å². The first-order valence-corrected chi connectivity index (χ1v) is 7.49. The highest BCUT2D eigenvalue weighted by atomic mass is 19.1. The van der Waals surface area contributed by atoms with Gasteiger partial charge < -0.3 is 15.0 Å². The smallest absolute Gasteiger partial charge is 0.410 e. The van der Waals surface area contributed by atoms with E-state index in [2.05, 4.69) is 15.3 Å². The zero-order valence-corrected chi connectivity index (χ0v) is 13.3. The van der Waals surface area contributed by atoms with E-state index in [0.29, 0.717) is 24.6 Å². The van der Waals surface area contributed by atoms with Crippen molar-refractivity contribution in [2.75, 3.05) is 18.4 Å². The van der Waals surface area contributed by atoms with E-state index in [9.17, 15) is 9.18 Å². The number of likely N-dealkylation sites (tertiary alicyclic amines) is 1. The Morgan fingerprint density at radius 1 is 1.50 bits per heavy atom. The van der Waals surface area contributed by atoms with Gasteiger partial charge in [0.1, 0.15) is 24.4 Å². The summed E-state index contributed by atoms with van der Waals surface area (Å²) < 4.78 is 18.0. The molecule has 2 rings (SSSR count). The highest BCUT2D eigenvalue weighted by Crippen LogP contribution is 2.18. The van der Waals surface area contributed by atoms with Gasteiger partial charge in [0.15, 0.2) is 0 Å². The quantitative estimate of drug-likeness (QED) is 0.930. The maximum absolute atomic E-state index is 12.6. The summed E-state index contributed by atoms with van der Waals surface area (Å²) >= 11 is 0. The summed E-state index contributed by atoms with van der Waals surface area (Å²) in [4.78, 5) is 21.7. The Hall–Kier alpha value is -1.92. The molecule has 1 amide bonds. The van der Waals surface area contributed by atoms with Gasteiger partial charge in [-0.25, -0.2) is 19.2 Å². The van der Waals surface area contributed by atoms with Crippen molar-refractivity contribution in [3.8, 4) is 0 Å². The van der Waals surface area contributed by atoms with Gasteiger partial charge >= 0.3 is 6.09 Å². The molecule has 1 atom stereocenters. The Morgan fingerprint density at radius 2 is 2.27 bits per heavy atom. The number of piperidine rings is 1. The first-order valence-electron chi connectivity index (χ1n) is 7.49. The molecule has 1 fully saturated rings. The number of halogens is 1. The van der Waals surface area contributed by atoms with Crippen LogP contribution in [0.4, 0.5) is 15.0 Å². The van der Waals surface area contributed by atoms with Gasteiger partial charge in [0.2, 0.25) is 0 Å². The van der Waals surface area contributed by atoms with Crippen LogP contribution in [-0.4, -0.2) is 45.7 Å². The number of hydrogen-bond donors (Lipinski definition) is 1. The first-order chi connectivity index (χ1) is 10.4. The SMILES string of the molecule is CC(C)(C)OC(=O)N1CCCC(Nc2cc(CF)ncn2)C1. The molecule has 1 aromatic rings. The minimum absolute atomic E-state index is 0.0728. The van der Waals surface area contributed by atoms with E-state index in [0.717, 1.165) is 12.8 Å². The van der Waals surface area contributed by atoms with E-state index in [4.69, 9.17) is 4.74 Å². The molecule has 22 heavy (non-hydrogen) atoms. The van der Waals surface area contributed by atoms with Gasteiger partial charge in [0.05, 0.1) is 5.69 Å². The second kappa shape index (κ2) is 6.89. The molecule has 6 nitrogen and oxygen atoms in total. The Balaban J connectivity index is 1.94. The van der Waals surface area contributed by atoms with Crippen molar-refractivity contribution in [2.45, 2.75) is 51.9 Å². The van der Waals surface area contributed by atoms with Gasteiger partial charge in [0, 0.05) is 25.2 Å². The van der Waals surface area contributed by atoms with Crippen LogP contribution in [0.25, 0.3) is 0 Å². The van der Waals surface area contributed by atoms with Crippen LogP contribution in [0.5, 0.6) is 0 Å². The average Bonchev–Trinajstić information content (AvgIpc) is 2.46. The van der Waals surface area contributed by atoms with Crippen LogP contribution in [0.15, 0.2) is 12.4 Å². The Labute approximate surface area is 130 Å². The van der Waals surface area contributed by atoms with Crippen molar-refractivity contribution in [3.05, 3.63) is 18.1 Å². The van der Waals surface area contributed by atoms with Crippen LogP contribution in [0.2, 0.25) is 0 Å². The fourth-order valence-corrected chi connectivity index (χ4v) is 2.35. The van der Waals surface area contributed by atoms with E-state index < -0.39 is 12.3 Å². The second-order valence-corrected chi connectivity index (χ2v) is 6.44. The summed E-state index contributed by atoms with van der Waals surface area (Å²) in [5, 5.41) is 3.24. The van der Waals surface area contributed by atoms with Crippen LogP contribution in [0, 0.1) is 0 Å². The second-order valence-electron chi connectivity index (χ2n) is 6.44. The molecule has 0 spiro atoms. The van der Waals surface area contributed by atoms with E-state index in [1.54, 1.807) is 11.0 Å². The summed E-state index contributed by atoms with van der Waals surface area (Å²) in [6.07, 6.45) is 2.85. The number of hydrogen-bond acceptors (Lipinski definition) is 5. The highest BCUT2D eigenvalue weighted by molar-refractivity contribution is 5.68. The number of amides is 1. The number of carbonyl (C=O) groups is 1. The van der Waals surface area contributed by atoms with Gasteiger partial charge in [0.25, 0.3) is 0 Å². The van der Waals surface area contributed by atoms with Crippen LogP contribution in [0.3, 0.4) is 0 Å². The predicted octanol–water partition coefficient (Wildman–Crippen LogP) is 2.76. The maximum atomic E-state index is 12.6. The standard InChI is InChI=1S/C15H23FN4O2/c1-15(2,3)22-14(21)20-6-4-5-11(9-20)19-13-7-12(8-16)17-10-18-13/h7,10-11H,4-6,8-9H2,1-3H3,(H,17,18,19). The molecule has 1 N–H and O–H groups in total. The summed E-state index contributed by atoms with van der Waals surface area (Å²) in [6, 6.07) is 1.66. The van der Waals surface area contributed by atoms with Gasteiger partial charge in [-0.05, 0) is 33.6 Å². The minimum Gasteiger partial charge on any atom is -0.444 e. The lowest BCUT2D eigenvalue weighted by atomic mass is 10.1. The lowest BCUT2D eigenvalue weighted by molar-refractivity contribution is 0.0206. The number of anilines is 1. The van der Waals surface area contributed by atoms with Crippen molar-refractivity contribution in [1.82, 2.24) is 14.9 Å². The summed E-state index contributed by atoms with van der Waals surface area (Å²) in [5.41, 5.74) is -0.155. The number of alkyl halides is 1. The van der Waals surface area contributed by atoms with Crippen molar-refractivity contribution in [3.63, 3.8) is 0 Å². The largest absolute Gasteiger partial charge is 0.444 e. The molecule has 7 heteroatoms. The number of ether oxygens (including phenoxy) is 1.